The molecule has 1 aromatic heterocycles. The van der Waals surface area contributed by atoms with Crippen LogP contribution in [0.3, 0.4) is 0 Å². The van der Waals surface area contributed by atoms with Crippen LogP contribution < -0.4 is 16.0 Å². The standard InChI is InChI=1S/C12H23N5/c1-4-5-6-14-11-7-12(16-9-15-11)17(3)10(2)8-13/h7,9-10H,4-6,8,13H2,1-3H3,(H,14,15,16). The maximum absolute atomic E-state index is 5.65. The van der Waals surface area contributed by atoms with Crippen molar-refractivity contribution in [1.82, 2.24) is 9.97 Å². The maximum atomic E-state index is 5.65. The number of likely N-dealkylation sites (N-methyl/N-ethyl adjacent to an activating group) is 1. The highest BCUT2D eigenvalue weighted by Crippen LogP contribution is 2.14. The Morgan fingerprint density at radius 2 is 2.24 bits per heavy atom. The molecule has 5 heteroatoms. The third kappa shape index (κ3) is 4.19. The van der Waals surface area contributed by atoms with Crippen LogP contribution in [0.25, 0.3) is 0 Å². The smallest absolute Gasteiger partial charge is 0.134 e. The number of hydrogen-bond acceptors (Lipinski definition) is 5. The van der Waals surface area contributed by atoms with E-state index in [-0.39, 0.29) is 6.04 Å². The molecule has 17 heavy (non-hydrogen) atoms. The lowest BCUT2D eigenvalue weighted by atomic mass is 10.3. The molecule has 1 aromatic rings. The molecule has 1 unspecified atom stereocenters. The van der Waals surface area contributed by atoms with Crippen LogP contribution in [0.15, 0.2) is 12.4 Å². The van der Waals surface area contributed by atoms with Crippen LogP contribution in [-0.4, -0.2) is 36.1 Å². The van der Waals surface area contributed by atoms with Crippen LogP contribution in [-0.2, 0) is 0 Å². The van der Waals surface area contributed by atoms with Crippen molar-refractivity contribution in [2.75, 3.05) is 30.4 Å². The highest BCUT2D eigenvalue weighted by Gasteiger charge is 2.09. The number of nitrogens with two attached hydrogens (primary N) is 1. The van der Waals surface area contributed by atoms with Gasteiger partial charge in [0.05, 0.1) is 0 Å². The number of rotatable bonds is 7. The molecule has 0 aliphatic carbocycles. The minimum absolute atomic E-state index is 0.272. The maximum Gasteiger partial charge on any atom is 0.134 e. The van der Waals surface area contributed by atoms with Gasteiger partial charge < -0.3 is 16.0 Å². The third-order valence-electron chi connectivity index (χ3n) is 2.85. The fraction of sp³-hybridized carbons (Fsp3) is 0.667. The molecule has 0 spiro atoms. The highest BCUT2D eigenvalue weighted by molar-refractivity contribution is 5.48. The van der Waals surface area contributed by atoms with Gasteiger partial charge in [-0.1, -0.05) is 13.3 Å². The molecular formula is C12H23N5. The molecule has 0 fully saturated rings. The number of anilines is 2. The van der Waals surface area contributed by atoms with Gasteiger partial charge in [0.1, 0.15) is 18.0 Å². The summed E-state index contributed by atoms with van der Waals surface area (Å²) < 4.78 is 0. The quantitative estimate of drug-likeness (QED) is 0.703. The van der Waals surface area contributed by atoms with E-state index in [1.165, 1.54) is 6.42 Å². The lowest BCUT2D eigenvalue weighted by molar-refractivity contribution is 0.686. The van der Waals surface area contributed by atoms with Crippen LogP contribution in [0, 0.1) is 0 Å². The monoisotopic (exact) mass is 237 g/mol. The Bertz CT molecular complexity index is 328. The van der Waals surface area contributed by atoms with E-state index in [2.05, 4.69) is 34.0 Å². The zero-order valence-corrected chi connectivity index (χ0v) is 11.0. The summed E-state index contributed by atoms with van der Waals surface area (Å²) in [5, 5.41) is 3.29. The molecule has 0 aliphatic heterocycles. The van der Waals surface area contributed by atoms with Crippen molar-refractivity contribution in [2.45, 2.75) is 32.7 Å². The first-order valence-corrected chi connectivity index (χ1v) is 6.17. The van der Waals surface area contributed by atoms with Crippen molar-refractivity contribution in [2.24, 2.45) is 5.73 Å². The summed E-state index contributed by atoms with van der Waals surface area (Å²) in [7, 11) is 2.00. The molecule has 0 radical (unpaired) electrons. The Labute approximate surface area is 103 Å². The van der Waals surface area contributed by atoms with E-state index in [0.717, 1.165) is 24.6 Å². The Morgan fingerprint density at radius 1 is 1.47 bits per heavy atom. The van der Waals surface area contributed by atoms with E-state index in [0.29, 0.717) is 6.54 Å². The predicted octanol–water partition coefficient (Wildman–Crippen LogP) is 1.47. The molecule has 1 atom stereocenters. The summed E-state index contributed by atoms with van der Waals surface area (Å²) in [6, 6.07) is 2.23. The van der Waals surface area contributed by atoms with Crippen molar-refractivity contribution in [3.8, 4) is 0 Å². The van der Waals surface area contributed by atoms with Crippen LogP contribution >= 0.6 is 0 Å². The second-order valence-electron chi connectivity index (χ2n) is 4.24. The summed E-state index contributed by atoms with van der Waals surface area (Å²) >= 11 is 0. The van der Waals surface area contributed by atoms with Crippen molar-refractivity contribution in [1.29, 1.82) is 0 Å². The van der Waals surface area contributed by atoms with E-state index in [1.54, 1.807) is 6.33 Å². The van der Waals surface area contributed by atoms with Gasteiger partial charge in [-0.3, -0.25) is 0 Å². The average molecular weight is 237 g/mol. The molecule has 0 saturated heterocycles. The van der Waals surface area contributed by atoms with Crippen molar-refractivity contribution in [3.05, 3.63) is 12.4 Å². The first kappa shape index (κ1) is 13.7. The van der Waals surface area contributed by atoms with E-state index in [4.69, 9.17) is 5.73 Å². The molecule has 5 nitrogen and oxygen atoms in total. The predicted molar refractivity (Wildman–Crippen MR) is 72.3 cm³/mol. The zero-order chi connectivity index (χ0) is 12.7. The number of nitrogens with one attached hydrogen (secondary N) is 1. The molecule has 0 bridgehead atoms. The second-order valence-corrected chi connectivity index (χ2v) is 4.24. The molecule has 3 N–H and O–H groups in total. The Morgan fingerprint density at radius 3 is 2.88 bits per heavy atom. The summed E-state index contributed by atoms with van der Waals surface area (Å²) in [6.45, 7) is 5.80. The molecule has 0 aromatic carbocycles. The summed E-state index contributed by atoms with van der Waals surface area (Å²) in [5.74, 6) is 1.77. The number of aromatic nitrogens is 2. The van der Waals surface area contributed by atoms with E-state index in [9.17, 15) is 0 Å². The molecule has 1 rings (SSSR count). The van der Waals surface area contributed by atoms with Crippen molar-refractivity contribution in [3.63, 3.8) is 0 Å². The van der Waals surface area contributed by atoms with Crippen LogP contribution in [0.2, 0.25) is 0 Å². The van der Waals surface area contributed by atoms with Gasteiger partial charge in [0.15, 0.2) is 0 Å². The lowest BCUT2D eigenvalue weighted by Crippen LogP contribution is -2.35. The normalized spacial score (nSPS) is 12.2. The minimum Gasteiger partial charge on any atom is -0.370 e. The molecule has 1 heterocycles. The summed E-state index contributed by atoms with van der Waals surface area (Å²) in [5.41, 5.74) is 5.65. The minimum atomic E-state index is 0.272. The molecule has 96 valence electrons. The van der Waals surface area contributed by atoms with Gasteiger partial charge in [0.2, 0.25) is 0 Å². The summed E-state index contributed by atoms with van der Waals surface area (Å²) in [6.07, 6.45) is 3.91. The number of nitrogens with zero attached hydrogens (tertiary/aromatic N) is 3. The van der Waals surface area contributed by atoms with Gasteiger partial charge >= 0.3 is 0 Å². The first-order valence-electron chi connectivity index (χ1n) is 6.17. The Hall–Kier alpha value is -1.36. The average Bonchev–Trinajstić information content (AvgIpc) is 2.37. The topological polar surface area (TPSA) is 67.1 Å². The summed E-state index contributed by atoms with van der Waals surface area (Å²) in [4.78, 5) is 10.5. The molecule has 0 aliphatic rings. The number of hydrogen-bond donors (Lipinski definition) is 2. The third-order valence-corrected chi connectivity index (χ3v) is 2.85. The number of unbranched alkanes of at least 4 members (excludes halogenated alkanes) is 1. The Balaban J connectivity index is 2.64. The van der Waals surface area contributed by atoms with Crippen LogP contribution in [0.1, 0.15) is 26.7 Å². The van der Waals surface area contributed by atoms with Gasteiger partial charge in [0, 0.05) is 32.2 Å². The van der Waals surface area contributed by atoms with Gasteiger partial charge in [-0.25, -0.2) is 9.97 Å². The van der Waals surface area contributed by atoms with E-state index >= 15 is 0 Å². The Kier molecular flexibility index (Phi) is 5.69. The SMILES string of the molecule is CCCCNc1cc(N(C)C(C)CN)ncn1. The van der Waals surface area contributed by atoms with Crippen LogP contribution in [0.4, 0.5) is 11.6 Å². The lowest BCUT2D eigenvalue weighted by Gasteiger charge is -2.24. The van der Waals surface area contributed by atoms with E-state index in [1.807, 2.05) is 13.1 Å². The van der Waals surface area contributed by atoms with Crippen LogP contribution in [0.5, 0.6) is 0 Å². The molecule has 0 saturated carbocycles. The fourth-order valence-electron chi connectivity index (χ4n) is 1.41. The first-order chi connectivity index (χ1) is 8.19. The van der Waals surface area contributed by atoms with Gasteiger partial charge in [-0.2, -0.15) is 0 Å². The van der Waals surface area contributed by atoms with Gasteiger partial charge in [0.25, 0.3) is 0 Å². The fourth-order valence-corrected chi connectivity index (χ4v) is 1.41. The molecular weight excluding hydrogens is 214 g/mol. The van der Waals surface area contributed by atoms with Crippen molar-refractivity contribution < 1.29 is 0 Å². The highest BCUT2D eigenvalue weighted by atomic mass is 15.2. The largest absolute Gasteiger partial charge is 0.370 e. The van der Waals surface area contributed by atoms with Gasteiger partial charge in [-0.15, -0.1) is 0 Å². The van der Waals surface area contributed by atoms with Crippen molar-refractivity contribution >= 4 is 11.6 Å². The second kappa shape index (κ2) is 7.06. The van der Waals surface area contributed by atoms with E-state index < -0.39 is 0 Å². The zero-order valence-electron chi connectivity index (χ0n) is 11.0. The molecule has 0 amide bonds. The van der Waals surface area contributed by atoms with Gasteiger partial charge in [-0.05, 0) is 13.3 Å².